The Hall–Kier alpha value is -6.70. The molecule has 316 valence electrons. The maximum absolute atomic E-state index is 13.6. The number of likely N-dealkylation sites (tertiary alicyclic amines) is 2. The third kappa shape index (κ3) is 7.78. The summed E-state index contributed by atoms with van der Waals surface area (Å²) in [7, 11) is 2.57. The first kappa shape index (κ1) is 41.1. The fourth-order valence-electron chi connectivity index (χ4n) is 9.51. The number of nitrogens with zero attached hydrogens (tertiary/aromatic N) is 4. The molecule has 2 saturated heterocycles. The molecule has 14 nitrogen and oxygen atoms in total. The molecule has 6 atom stereocenters. The predicted octanol–water partition coefficient (Wildman–Crippen LogP) is 8.28. The van der Waals surface area contributed by atoms with Crippen molar-refractivity contribution in [2.45, 2.75) is 83.6 Å². The second kappa shape index (κ2) is 16.7. The third-order valence-electron chi connectivity index (χ3n) is 12.6. The first-order valence-corrected chi connectivity index (χ1v) is 20.6. The summed E-state index contributed by atoms with van der Waals surface area (Å²) in [5, 5.41) is 9.64. The van der Waals surface area contributed by atoms with Crippen molar-refractivity contribution < 1.29 is 28.7 Å². The molecule has 1 aliphatic carbocycles. The van der Waals surface area contributed by atoms with Gasteiger partial charge in [-0.1, -0.05) is 56.0 Å². The lowest BCUT2D eigenvalue weighted by Gasteiger charge is -2.36. The van der Waals surface area contributed by atoms with E-state index in [4.69, 9.17) is 9.72 Å². The largest absolute Gasteiger partial charge is 0.453 e. The normalized spacial score (nSPS) is 20.3. The van der Waals surface area contributed by atoms with Crippen molar-refractivity contribution in [2.75, 3.05) is 20.8 Å². The van der Waals surface area contributed by atoms with Crippen LogP contribution in [0.4, 0.5) is 9.59 Å². The van der Waals surface area contributed by atoms with Gasteiger partial charge < -0.3 is 39.9 Å². The van der Waals surface area contributed by atoms with Crippen LogP contribution in [0.15, 0.2) is 85.2 Å². The Morgan fingerprint density at radius 2 is 1.16 bits per heavy atom. The van der Waals surface area contributed by atoms with Crippen LogP contribution in [-0.4, -0.2) is 92.6 Å². The van der Waals surface area contributed by atoms with Gasteiger partial charge in [-0.2, -0.15) is 0 Å². The lowest BCUT2D eigenvalue weighted by molar-refractivity contribution is -0.137. The van der Waals surface area contributed by atoms with Gasteiger partial charge in [0.2, 0.25) is 11.8 Å². The molecule has 2 aromatic heterocycles. The number of piperidine rings is 1. The molecule has 4 N–H and O–H groups in total. The van der Waals surface area contributed by atoms with Crippen LogP contribution in [0.25, 0.3) is 55.2 Å². The zero-order valence-electron chi connectivity index (χ0n) is 34.0. The van der Waals surface area contributed by atoms with Gasteiger partial charge in [-0.25, -0.2) is 19.6 Å². The van der Waals surface area contributed by atoms with E-state index < -0.39 is 24.3 Å². The van der Waals surface area contributed by atoms with Gasteiger partial charge in [0.1, 0.15) is 23.7 Å². The number of benzene rings is 4. The number of nitrogens with one attached hydrogen (secondary N) is 4. The number of carbonyl (C=O) groups excluding carboxylic acids is 4. The molecule has 0 unspecified atom stereocenters. The Morgan fingerprint density at radius 1 is 0.672 bits per heavy atom. The van der Waals surface area contributed by atoms with Crippen molar-refractivity contribution in [1.29, 1.82) is 0 Å². The van der Waals surface area contributed by atoms with Crippen LogP contribution in [0.1, 0.15) is 77.1 Å². The molecule has 3 fully saturated rings. The fraction of sp³-hybridized carbons (Fsp3) is 0.362. The number of alkyl carbamates (subject to hydrolysis) is 2. The number of aromatic nitrogens is 4. The number of rotatable bonds is 9. The molecule has 3 aliphatic rings. The minimum absolute atomic E-state index is 0. The molecule has 9 rings (SSSR count). The number of aromatic amines is 2. The SMILES string of the molecule is C.COC(=O)N[C@@H](C)C(=O)N1CCC[C@H]1c1ncc(-c2ccc3cc(-c4ccc5cc(-c6cnc([C@@H]7[C@H]8CC[C@H](C8)N7C(=O)[C@H](C)NC(=O)OC)[nH]6)ccc5c4)ccc3c2)[nH]1. The Kier molecular flexibility index (Phi) is 11.3. The minimum Gasteiger partial charge on any atom is -0.453 e. The van der Waals surface area contributed by atoms with Crippen molar-refractivity contribution in [3.63, 3.8) is 0 Å². The molecule has 0 spiro atoms. The van der Waals surface area contributed by atoms with Crippen molar-refractivity contribution in [3.8, 4) is 33.6 Å². The quantitative estimate of drug-likeness (QED) is 0.113. The standard InChI is InChI=1S/C46H48N8O6.CH4/c1-25(49-45(57)59-3)43(55)53-17-5-6-39(53)41-47-23-37(51-41)33-13-11-29-18-27(7-9-31(29)20-33)28-8-10-32-21-34(14-12-30(32)19-28)38-24-48-42(52-38)40-35-15-16-36(22-35)54(40)44(56)26(2)50-46(58)60-4;/h7-14,18-21,23-26,35-36,39-40H,5-6,15-17,22H2,1-4H3,(H,47,51)(H,48,52)(H,49,57)(H,50,58);1H4/t25-,26-,35-,36+,39-,40-;/m0./s1. The molecule has 0 radical (unpaired) electrons. The van der Waals surface area contributed by atoms with E-state index in [1.165, 1.54) is 14.2 Å². The molecular formula is C47H52N8O6. The zero-order valence-corrected chi connectivity index (χ0v) is 34.0. The van der Waals surface area contributed by atoms with Crippen molar-refractivity contribution >= 4 is 45.5 Å². The first-order valence-electron chi connectivity index (χ1n) is 20.6. The number of carbonyl (C=O) groups is 4. The van der Waals surface area contributed by atoms with E-state index in [1.807, 2.05) is 17.3 Å². The van der Waals surface area contributed by atoms with Crippen LogP contribution < -0.4 is 10.6 Å². The molecule has 2 bridgehead atoms. The monoisotopic (exact) mass is 824 g/mol. The summed E-state index contributed by atoms with van der Waals surface area (Å²) in [4.78, 5) is 70.4. The molecule has 1 saturated carbocycles. The van der Waals surface area contributed by atoms with Crippen molar-refractivity contribution in [1.82, 2.24) is 40.4 Å². The lowest BCUT2D eigenvalue weighted by Crippen LogP contribution is -2.50. The highest BCUT2D eigenvalue weighted by Gasteiger charge is 2.50. The van der Waals surface area contributed by atoms with Gasteiger partial charge >= 0.3 is 12.2 Å². The molecule has 4 heterocycles. The molecule has 4 amide bonds. The fourth-order valence-corrected chi connectivity index (χ4v) is 9.51. The molecule has 6 aromatic rings. The summed E-state index contributed by atoms with van der Waals surface area (Å²) >= 11 is 0. The smallest absolute Gasteiger partial charge is 0.407 e. The van der Waals surface area contributed by atoms with Gasteiger partial charge in [-0.15, -0.1) is 0 Å². The number of H-pyrrole nitrogens is 2. The van der Waals surface area contributed by atoms with Crippen LogP contribution >= 0.6 is 0 Å². The van der Waals surface area contributed by atoms with Gasteiger partial charge in [-0.3, -0.25) is 9.59 Å². The summed E-state index contributed by atoms with van der Waals surface area (Å²) in [6.07, 6.45) is 6.99. The highest BCUT2D eigenvalue weighted by Crippen LogP contribution is 2.50. The Balaban J connectivity index is 0.00000514. The lowest BCUT2D eigenvalue weighted by atomic mass is 9.96. The summed E-state index contributed by atoms with van der Waals surface area (Å²) in [6, 6.07) is 24.1. The number of fused-ring (bicyclic) bond motifs is 4. The van der Waals surface area contributed by atoms with E-state index in [-0.39, 0.29) is 37.4 Å². The Bertz CT molecular complexity index is 2640. The van der Waals surface area contributed by atoms with Crippen LogP contribution in [0, 0.1) is 5.92 Å². The maximum Gasteiger partial charge on any atom is 0.407 e. The number of imidazole rings is 2. The number of methoxy groups -OCH3 is 2. The van der Waals surface area contributed by atoms with E-state index in [0.29, 0.717) is 12.5 Å². The van der Waals surface area contributed by atoms with Crippen LogP contribution in [0.3, 0.4) is 0 Å². The average molecular weight is 825 g/mol. The van der Waals surface area contributed by atoms with Gasteiger partial charge in [0.05, 0.1) is 50.1 Å². The average Bonchev–Trinajstić information content (AvgIpc) is 4.14. The van der Waals surface area contributed by atoms with E-state index in [2.05, 4.69) is 103 Å². The first-order chi connectivity index (χ1) is 29.1. The van der Waals surface area contributed by atoms with Crippen LogP contribution in [0.5, 0.6) is 0 Å². The Labute approximate surface area is 354 Å². The van der Waals surface area contributed by atoms with E-state index >= 15 is 0 Å². The summed E-state index contributed by atoms with van der Waals surface area (Å²) < 4.78 is 9.39. The predicted molar refractivity (Wildman–Crippen MR) is 233 cm³/mol. The second-order valence-corrected chi connectivity index (χ2v) is 16.2. The number of amides is 4. The zero-order chi connectivity index (χ0) is 41.7. The summed E-state index contributed by atoms with van der Waals surface area (Å²) in [5.74, 6) is 1.54. The van der Waals surface area contributed by atoms with Gasteiger partial charge in [0, 0.05) is 23.7 Å². The molecule has 4 aromatic carbocycles. The highest BCUT2D eigenvalue weighted by molar-refractivity contribution is 5.94. The minimum atomic E-state index is -0.706. The molecule has 61 heavy (non-hydrogen) atoms. The van der Waals surface area contributed by atoms with E-state index in [0.717, 1.165) is 98.9 Å². The van der Waals surface area contributed by atoms with E-state index in [9.17, 15) is 19.2 Å². The highest BCUT2D eigenvalue weighted by atomic mass is 16.5. The van der Waals surface area contributed by atoms with Gasteiger partial charge in [-0.05, 0) is 109 Å². The van der Waals surface area contributed by atoms with Gasteiger partial charge in [0.25, 0.3) is 0 Å². The maximum atomic E-state index is 13.6. The topological polar surface area (TPSA) is 175 Å². The molecule has 2 aliphatic heterocycles. The number of ether oxygens (including phenoxy) is 2. The van der Waals surface area contributed by atoms with Crippen LogP contribution in [-0.2, 0) is 19.1 Å². The van der Waals surface area contributed by atoms with Gasteiger partial charge in [0.15, 0.2) is 0 Å². The molecule has 14 heteroatoms. The molecular weight excluding hydrogens is 773 g/mol. The number of hydrogen-bond acceptors (Lipinski definition) is 8. The van der Waals surface area contributed by atoms with Crippen LogP contribution in [0.2, 0.25) is 0 Å². The summed E-state index contributed by atoms with van der Waals surface area (Å²) in [6.45, 7) is 3.95. The second-order valence-electron chi connectivity index (χ2n) is 16.2. The van der Waals surface area contributed by atoms with Crippen molar-refractivity contribution in [3.05, 3.63) is 96.8 Å². The third-order valence-corrected chi connectivity index (χ3v) is 12.6. The van der Waals surface area contributed by atoms with Crippen molar-refractivity contribution in [2.24, 2.45) is 5.92 Å². The summed E-state index contributed by atoms with van der Waals surface area (Å²) in [5.41, 5.74) is 6.01. The Morgan fingerprint density at radius 3 is 1.72 bits per heavy atom. The number of hydrogen-bond donors (Lipinski definition) is 4. The van der Waals surface area contributed by atoms with E-state index in [1.54, 1.807) is 18.7 Å².